The molecule has 20 heavy (non-hydrogen) atoms. The second kappa shape index (κ2) is 6.54. The van der Waals surface area contributed by atoms with Crippen molar-refractivity contribution in [3.05, 3.63) is 47.2 Å². The molecular formula is C15H22N4O. The van der Waals surface area contributed by atoms with E-state index in [9.17, 15) is 0 Å². The lowest BCUT2D eigenvalue weighted by Crippen LogP contribution is -2.28. The van der Waals surface area contributed by atoms with Gasteiger partial charge in [0.25, 0.3) is 0 Å². The van der Waals surface area contributed by atoms with E-state index in [-0.39, 0.29) is 6.04 Å². The molecule has 0 radical (unpaired) electrons. The summed E-state index contributed by atoms with van der Waals surface area (Å²) in [7, 11) is 3.53. The van der Waals surface area contributed by atoms with E-state index in [0.717, 1.165) is 23.7 Å². The Morgan fingerprint density at radius 2 is 2.05 bits per heavy atom. The topological polar surface area (TPSA) is 65.1 Å². The molecule has 5 heteroatoms. The van der Waals surface area contributed by atoms with E-state index >= 15 is 0 Å². The average molecular weight is 274 g/mol. The van der Waals surface area contributed by atoms with Crippen LogP contribution in [0.15, 0.2) is 30.3 Å². The van der Waals surface area contributed by atoms with E-state index in [1.54, 1.807) is 11.8 Å². The van der Waals surface area contributed by atoms with Crippen LogP contribution in [0.5, 0.6) is 5.88 Å². The third-order valence-electron chi connectivity index (χ3n) is 3.39. The zero-order valence-electron chi connectivity index (χ0n) is 12.3. The summed E-state index contributed by atoms with van der Waals surface area (Å²) in [5.41, 5.74) is 9.12. The first-order chi connectivity index (χ1) is 9.67. The number of aromatic nitrogens is 2. The van der Waals surface area contributed by atoms with Crippen molar-refractivity contribution in [2.45, 2.75) is 19.5 Å². The number of benzene rings is 1. The molecule has 0 fully saturated rings. The number of aryl methyl sites for hydroxylation is 2. The number of ether oxygens (including phenoxy) is 1. The number of nitrogens with one attached hydrogen (secondary N) is 1. The fourth-order valence-corrected chi connectivity index (χ4v) is 2.44. The molecular weight excluding hydrogens is 252 g/mol. The second-order valence-corrected chi connectivity index (χ2v) is 4.79. The number of hydrogen-bond acceptors (Lipinski definition) is 4. The Labute approximate surface area is 119 Å². The first kappa shape index (κ1) is 14.6. The summed E-state index contributed by atoms with van der Waals surface area (Å²) in [6, 6.07) is 10.3. The Balaban J connectivity index is 2.16. The third kappa shape index (κ3) is 3.00. The highest BCUT2D eigenvalue weighted by atomic mass is 16.5. The van der Waals surface area contributed by atoms with Gasteiger partial charge in [-0.15, -0.1) is 0 Å². The van der Waals surface area contributed by atoms with Crippen LogP contribution < -0.4 is 15.8 Å². The molecule has 1 aromatic heterocycles. The molecule has 0 aliphatic heterocycles. The van der Waals surface area contributed by atoms with Gasteiger partial charge < -0.3 is 15.8 Å². The molecule has 0 spiro atoms. The van der Waals surface area contributed by atoms with Gasteiger partial charge in [-0.25, -0.2) is 4.68 Å². The van der Waals surface area contributed by atoms with Crippen LogP contribution in [0.2, 0.25) is 0 Å². The van der Waals surface area contributed by atoms with E-state index in [4.69, 9.17) is 10.5 Å². The third-order valence-corrected chi connectivity index (χ3v) is 3.39. The lowest BCUT2D eigenvalue weighted by Gasteiger charge is -2.18. The largest absolute Gasteiger partial charge is 0.481 e. The Bertz CT molecular complexity index is 551. The number of nitrogens with zero attached hydrogens (tertiary/aromatic N) is 2. The van der Waals surface area contributed by atoms with Crippen molar-refractivity contribution in [3.8, 4) is 5.88 Å². The van der Waals surface area contributed by atoms with Crippen molar-refractivity contribution < 1.29 is 4.74 Å². The molecule has 0 saturated carbocycles. The lowest BCUT2D eigenvalue weighted by molar-refractivity contribution is 0.362. The summed E-state index contributed by atoms with van der Waals surface area (Å²) in [6.07, 6.45) is 0. The van der Waals surface area contributed by atoms with Gasteiger partial charge >= 0.3 is 0 Å². The van der Waals surface area contributed by atoms with Gasteiger partial charge in [-0.1, -0.05) is 30.3 Å². The zero-order chi connectivity index (χ0) is 14.5. The molecule has 0 aliphatic carbocycles. The van der Waals surface area contributed by atoms with Crippen molar-refractivity contribution >= 4 is 0 Å². The SMILES string of the molecule is COc1c(C(CN)NCc2ccccc2)c(C)nn1C. The summed E-state index contributed by atoms with van der Waals surface area (Å²) < 4.78 is 7.18. The van der Waals surface area contributed by atoms with E-state index in [0.29, 0.717) is 6.54 Å². The predicted molar refractivity (Wildman–Crippen MR) is 79.6 cm³/mol. The lowest BCUT2D eigenvalue weighted by atomic mass is 10.1. The zero-order valence-corrected chi connectivity index (χ0v) is 12.3. The number of rotatable bonds is 6. The van der Waals surface area contributed by atoms with Crippen LogP contribution in [0, 0.1) is 6.92 Å². The fraction of sp³-hybridized carbons (Fsp3) is 0.400. The number of nitrogens with two attached hydrogens (primary N) is 1. The molecule has 1 atom stereocenters. The molecule has 108 valence electrons. The molecule has 0 amide bonds. The Morgan fingerprint density at radius 1 is 1.35 bits per heavy atom. The van der Waals surface area contributed by atoms with Crippen molar-refractivity contribution in [2.75, 3.05) is 13.7 Å². The summed E-state index contributed by atoms with van der Waals surface area (Å²) in [4.78, 5) is 0. The standard InChI is InChI=1S/C15H22N4O/c1-11-14(15(20-3)19(2)18-11)13(9-16)17-10-12-7-5-4-6-8-12/h4-8,13,17H,9-10,16H2,1-3H3. The molecule has 2 aromatic rings. The van der Waals surface area contributed by atoms with E-state index in [1.807, 2.05) is 32.2 Å². The average Bonchev–Trinajstić information content (AvgIpc) is 2.75. The summed E-state index contributed by atoms with van der Waals surface area (Å²) in [5.74, 6) is 0.763. The minimum Gasteiger partial charge on any atom is -0.481 e. The van der Waals surface area contributed by atoms with Crippen LogP contribution in [0.4, 0.5) is 0 Å². The van der Waals surface area contributed by atoms with Crippen LogP contribution >= 0.6 is 0 Å². The van der Waals surface area contributed by atoms with E-state index < -0.39 is 0 Å². The molecule has 1 aromatic carbocycles. The van der Waals surface area contributed by atoms with Crippen LogP contribution in [-0.4, -0.2) is 23.4 Å². The van der Waals surface area contributed by atoms with Gasteiger partial charge in [0.15, 0.2) is 0 Å². The maximum atomic E-state index is 5.92. The molecule has 0 bridgehead atoms. The van der Waals surface area contributed by atoms with Gasteiger partial charge in [-0.3, -0.25) is 0 Å². The highest BCUT2D eigenvalue weighted by Gasteiger charge is 2.21. The highest BCUT2D eigenvalue weighted by molar-refractivity contribution is 5.34. The maximum absolute atomic E-state index is 5.92. The first-order valence-electron chi connectivity index (χ1n) is 6.72. The Morgan fingerprint density at radius 3 is 2.65 bits per heavy atom. The van der Waals surface area contributed by atoms with Crippen molar-refractivity contribution in [1.29, 1.82) is 0 Å². The van der Waals surface area contributed by atoms with Crippen LogP contribution in [0.25, 0.3) is 0 Å². The second-order valence-electron chi connectivity index (χ2n) is 4.79. The van der Waals surface area contributed by atoms with Crippen LogP contribution in [-0.2, 0) is 13.6 Å². The number of methoxy groups -OCH3 is 1. The highest BCUT2D eigenvalue weighted by Crippen LogP contribution is 2.27. The summed E-state index contributed by atoms with van der Waals surface area (Å²) >= 11 is 0. The fourth-order valence-electron chi connectivity index (χ4n) is 2.44. The van der Waals surface area contributed by atoms with Crippen LogP contribution in [0.3, 0.4) is 0 Å². The quantitative estimate of drug-likeness (QED) is 0.838. The first-order valence-corrected chi connectivity index (χ1v) is 6.72. The minimum atomic E-state index is 0.0267. The molecule has 0 saturated heterocycles. The molecule has 1 unspecified atom stereocenters. The van der Waals surface area contributed by atoms with Crippen LogP contribution in [0.1, 0.15) is 22.9 Å². The van der Waals surface area contributed by atoms with E-state index in [1.165, 1.54) is 5.56 Å². The molecule has 2 rings (SSSR count). The van der Waals surface area contributed by atoms with Gasteiger partial charge in [0.05, 0.1) is 24.4 Å². The van der Waals surface area contributed by atoms with Crippen molar-refractivity contribution in [1.82, 2.24) is 15.1 Å². The van der Waals surface area contributed by atoms with Gasteiger partial charge in [-0.05, 0) is 12.5 Å². The molecule has 5 nitrogen and oxygen atoms in total. The Hall–Kier alpha value is -1.85. The molecule has 0 aliphatic rings. The molecule has 1 heterocycles. The van der Waals surface area contributed by atoms with Gasteiger partial charge in [-0.2, -0.15) is 5.10 Å². The smallest absolute Gasteiger partial charge is 0.216 e. The number of hydrogen-bond donors (Lipinski definition) is 2. The van der Waals surface area contributed by atoms with Gasteiger partial charge in [0.2, 0.25) is 5.88 Å². The van der Waals surface area contributed by atoms with Crippen molar-refractivity contribution in [2.24, 2.45) is 12.8 Å². The van der Waals surface area contributed by atoms with Gasteiger partial charge in [0, 0.05) is 20.1 Å². The Kier molecular flexibility index (Phi) is 4.76. The van der Waals surface area contributed by atoms with E-state index in [2.05, 4.69) is 22.5 Å². The minimum absolute atomic E-state index is 0.0267. The monoisotopic (exact) mass is 274 g/mol. The summed E-state index contributed by atoms with van der Waals surface area (Å²) in [5, 5.41) is 7.87. The maximum Gasteiger partial charge on any atom is 0.216 e. The molecule has 3 N–H and O–H groups in total. The predicted octanol–water partition coefficient (Wildman–Crippen LogP) is 1.53. The summed E-state index contributed by atoms with van der Waals surface area (Å²) in [6.45, 7) is 3.24. The van der Waals surface area contributed by atoms with Crippen molar-refractivity contribution in [3.63, 3.8) is 0 Å². The normalized spacial score (nSPS) is 12.4. The van der Waals surface area contributed by atoms with Gasteiger partial charge in [0.1, 0.15) is 0 Å².